The maximum atomic E-state index is 13.2. The van der Waals surface area contributed by atoms with Crippen LogP contribution < -0.4 is 11.1 Å². The van der Waals surface area contributed by atoms with Crippen LogP contribution in [0, 0.1) is 5.82 Å². The van der Waals surface area contributed by atoms with E-state index in [0.29, 0.717) is 0 Å². The first-order chi connectivity index (χ1) is 8.88. The third kappa shape index (κ3) is 2.73. The lowest BCUT2D eigenvalue weighted by Crippen LogP contribution is -2.53. The van der Waals surface area contributed by atoms with Gasteiger partial charge in [0.05, 0.1) is 11.3 Å². The smallest absolute Gasteiger partial charge is 0.256 e. The van der Waals surface area contributed by atoms with Crippen molar-refractivity contribution in [1.29, 1.82) is 0 Å². The van der Waals surface area contributed by atoms with Crippen LogP contribution in [0.5, 0.6) is 0 Å². The van der Waals surface area contributed by atoms with Gasteiger partial charge >= 0.3 is 0 Å². The van der Waals surface area contributed by atoms with Crippen molar-refractivity contribution < 1.29 is 18.8 Å². The number of imide groups is 1. The first-order valence-electron chi connectivity index (χ1n) is 5.25. The first kappa shape index (κ1) is 13.5. The molecular weight excluding hydrogens is 321 g/mol. The van der Waals surface area contributed by atoms with Gasteiger partial charge in [0.15, 0.2) is 0 Å². The number of amides is 3. The predicted octanol–water partition coefficient (Wildman–Crippen LogP) is 0.269. The summed E-state index contributed by atoms with van der Waals surface area (Å²) in [5, 5.41) is 2.08. The third-order valence-corrected chi connectivity index (χ3v) is 3.21. The van der Waals surface area contributed by atoms with Crippen LogP contribution in [0.25, 0.3) is 0 Å². The zero-order valence-electron chi connectivity index (χ0n) is 9.57. The van der Waals surface area contributed by atoms with Gasteiger partial charge in [0.2, 0.25) is 11.8 Å². The molecule has 0 aromatic heterocycles. The molecule has 0 aliphatic carbocycles. The molecule has 1 fully saturated rings. The van der Waals surface area contributed by atoms with Crippen molar-refractivity contribution in [3.63, 3.8) is 0 Å². The van der Waals surface area contributed by atoms with Gasteiger partial charge in [-0.05, 0) is 28.1 Å². The second-order valence-corrected chi connectivity index (χ2v) is 4.84. The van der Waals surface area contributed by atoms with Gasteiger partial charge in [0, 0.05) is 4.47 Å². The molecule has 8 heteroatoms. The molecule has 3 amide bonds. The second-order valence-electron chi connectivity index (χ2n) is 3.99. The summed E-state index contributed by atoms with van der Waals surface area (Å²) < 4.78 is 13.4. The minimum absolute atomic E-state index is 0.0985. The van der Waals surface area contributed by atoms with Gasteiger partial charge in [-0.2, -0.15) is 0 Å². The molecule has 0 saturated carbocycles. The zero-order valence-corrected chi connectivity index (χ0v) is 11.2. The van der Waals surface area contributed by atoms with Gasteiger partial charge < -0.3 is 10.6 Å². The zero-order chi connectivity index (χ0) is 14.2. The number of carbonyl (C=O) groups excluding carboxylic acids is 3. The van der Waals surface area contributed by atoms with Crippen LogP contribution in [0.3, 0.4) is 0 Å². The summed E-state index contributed by atoms with van der Waals surface area (Å²) >= 11 is 3.05. The molecule has 1 aliphatic rings. The number of piperazine rings is 1. The van der Waals surface area contributed by atoms with Gasteiger partial charge in [-0.25, -0.2) is 4.39 Å². The van der Waals surface area contributed by atoms with Crippen LogP contribution in [-0.4, -0.2) is 35.7 Å². The number of anilines is 1. The van der Waals surface area contributed by atoms with Crippen molar-refractivity contribution in [2.45, 2.75) is 0 Å². The normalized spacial score (nSPS) is 15.4. The molecule has 100 valence electrons. The summed E-state index contributed by atoms with van der Waals surface area (Å²) in [6.45, 7) is -0.456. The molecule has 2 rings (SSSR count). The van der Waals surface area contributed by atoms with Gasteiger partial charge in [0.25, 0.3) is 5.91 Å². The van der Waals surface area contributed by atoms with Crippen molar-refractivity contribution in [3.05, 3.63) is 28.0 Å². The van der Waals surface area contributed by atoms with Crippen molar-refractivity contribution >= 4 is 39.3 Å². The maximum absolute atomic E-state index is 13.2. The number of hydrogen-bond donors (Lipinski definition) is 2. The van der Waals surface area contributed by atoms with E-state index < -0.39 is 23.5 Å². The molecule has 0 bridgehead atoms. The number of nitrogens with one attached hydrogen (secondary N) is 1. The summed E-state index contributed by atoms with van der Waals surface area (Å²) in [6.07, 6.45) is 0. The quantitative estimate of drug-likeness (QED) is 0.571. The fourth-order valence-corrected chi connectivity index (χ4v) is 2.17. The topological polar surface area (TPSA) is 92.5 Å². The molecule has 1 aliphatic heterocycles. The summed E-state index contributed by atoms with van der Waals surface area (Å²) in [5.41, 5.74) is 5.32. The van der Waals surface area contributed by atoms with E-state index in [0.717, 1.165) is 11.0 Å². The highest BCUT2D eigenvalue weighted by Crippen LogP contribution is 2.24. The largest absolute Gasteiger partial charge is 0.396 e. The van der Waals surface area contributed by atoms with Crippen LogP contribution in [0.15, 0.2) is 16.6 Å². The van der Waals surface area contributed by atoms with Crippen LogP contribution in [-0.2, 0) is 9.59 Å². The first-order valence-corrected chi connectivity index (χ1v) is 6.04. The molecule has 1 aromatic rings. The Labute approximate surface area is 115 Å². The van der Waals surface area contributed by atoms with E-state index in [9.17, 15) is 18.8 Å². The molecule has 0 spiro atoms. The fraction of sp³-hybridized carbons (Fsp3) is 0.182. The van der Waals surface area contributed by atoms with E-state index in [1.165, 1.54) is 6.07 Å². The Morgan fingerprint density at radius 1 is 1.32 bits per heavy atom. The molecule has 1 saturated heterocycles. The number of carbonyl (C=O) groups is 3. The Morgan fingerprint density at radius 3 is 2.47 bits per heavy atom. The molecule has 3 N–H and O–H groups in total. The highest BCUT2D eigenvalue weighted by atomic mass is 79.9. The number of nitrogen functional groups attached to an aromatic ring is 1. The Morgan fingerprint density at radius 2 is 1.89 bits per heavy atom. The monoisotopic (exact) mass is 329 g/mol. The van der Waals surface area contributed by atoms with E-state index in [2.05, 4.69) is 21.2 Å². The molecule has 1 aromatic carbocycles. The molecule has 0 unspecified atom stereocenters. The van der Waals surface area contributed by atoms with Crippen molar-refractivity contribution in [1.82, 2.24) is 10.2 Å². The van der Waals surface area contributed by atoms with Crippen molar-refractivity contribution in [3.8, 4) is 0 Å². The lowest BCUT2D eigenvalue weighted by molar-refractivity contribution is -0.135. The van der Waals surface area contributed by atoms with E-state index in [1.807, 2.05) is 0 Å². The molecule has 0 radical (unpaired) electrons. The van der Waals surface area contributed by atoms with Crippen LogP contribution in [0.4, 0.5) is 10.1 Å². The SMILES string of the molecule is Nc1cc(C(=O)N2CC(=O)NC(=O)C2)c(Br)cc1F. The highest BCUT2D eigenvalue weighted by Gasteiger charge is 2.28. The number of nitrogens with two attached hydrogens (primary N) is 1. The van der Waals surface area contributed by atoms with Crippen LogP contribution in [0.1, 0.15) is 10.4 Å². The lowest BCUT2D eigenvalue weighted by atomic mass is 10.1. The number of hydrogen-bond acceptors (Lipinski definition) is 4. The standard InChI is InChI=1S/C11H9BrFN3O3/c12-6-2-7(13)8(14)1-5(6)11(19)16-3-9(17)15-10(18)4-16/h1-2H,3-4,14H2,(H,15,17,18). The summed E-state index contributed by atoms with van der Waals surface area (Å²) in [5.74, 6) is -2.34. The number of benzene rings is 1. The van der Waals surface area contributed by atoms with E-state index in [1.54, 1.807) is 0 Å². The van der Waals surface area contributed by atoms with Gasteiger partial charge in [0.1, 0.15) is 18.9 Å². The van der Waals surface area contributed by atoms with E-state index in [4.69, 9.17) is 5.73 Å². The number of rotatable bonds is 1. The summed E-state index contributed by atoms with van der Waals surface area (Å²) in [4.78, 5) is 35.6. The Bertz CT molecular complexity index is 575. The summed E-state index contributed by atoms with van der Waals surface area (Å²) in [7, 11) is 0. The minimum Gasteiger partial charge on any atom is -0.396 e. The summed E-state index contributed by atoms with van der Waals surface area (Å²) in [6, 6.07) is 2.23. The van der Waals surface area contributed by atoms with Crippen molar-refractivity contribution in [2.24, 2.45) is 0 Å². The number of nitrogens with zero attached hydrogens (tertiary/aromatic N) is 1. The molecule has 1 heterocycles. The lowest BCUT2D eigenvalue weighted by Gasteiger charge is -2.25. The third-order valence-electron chi connectivity index (χ3n) is 2.55. The Hall–Kier alpha value is -1.96. The molecule has 19 heavy (non-hydrogen) atoms. The minimum atomic E-state index is -0.657. The average Bonchev–Trinajstić information content (AvgIpc) is 2.31. The highest BCUT2D eigenvalue weighted by molar-refractivity contribution is 9.10. The van der Waals surface area contributed by atoms with E-state index >= 15 is 0 Å². The van der Waals surface area contributed by atoms with Gasteiger partial charge in [-0.15, -0.1) is 0 Å². The fourth-order valence-electron chi connectivity index (χ4n) is 1.68. The van der Waals surface area contributed by atoms with Gasteiger partial charge in [-0.3, -0.25) is 19.7 Å². The average molecular weight is 330 g/mol. The molecule has 0 atom stereocenters. The van der Waals surface area contributed by atoms with Crippen LogP contribution in [0.2, 0.25) is 0 Å². The van der Waals surface area contributed by atoms with Gasteiger partial charge in [-0.1, -0.05) is 0 Å². The Balaban J connectivity index is 2.31. The molecular formula is C11H9BrFN3O3. The van der Waals surface area contributed by atoms with E-state index in [-0.39, 0.29) is 28.8 Å². The second kappa shape index (κ2) is 4.96. The Kier molecular flexibility index (Phi) is 3.52. The van der Waals surface area contributed by atoms with Crippen LogP contribution >= 0.6 is 15.9 Å². The molecule has 6 nitrogen and oxygen atoms in total. The predicted molar refractivity (Wildman–Crippen MR) is 67.6 cm³/mol. The van der Waals surface area contributed by atoms with Crippen molar-refractivity contribution in [2.75, 3.05) is 18.8 Å². The number of halogens is 2. The maximum Gasteiger partial charge on any atom is 0.256 e.